The molecule has 0 bridgehead atoms. The highest BCUT2D eigenvalue weighted by molar-refractivity contribution is 9.10. The van der Waals surface area contributed by atoms with Crippen molar-refractivity contribution in [2.75, 3.05) is 25.5 Å². The molecule has 4 heteroatoms. The van der Waals surface area contributed by atoms with E-state index in [0.29, 0.717) is 6.61 Å². The summed E-state index contributed by atoms with van der Waals surface area (Å²) in [4.78, 5) is 0. The molecule has 3 N–H and O–H groups in total. The number of anilines is 1. The fourth-order valence-electron chi connectivity index (χ4n) is 1.61. The van der Waals surface area contributed by atoms with Gasteiger partial charge in [0.25, 0.3) is 0 Å². The lowest BCUT2D eigenvalue weighted by Crippen LogP contribution is -2.34. The van der Waals surface area contributed by atoms with Crippen molar-refractivity contribution in [1.29, 1.82) is 0 Å². The number of benzene rings is 1. The monoisotopic (exact) mass is 256 g/mol. The number of hydrogen-bond donors (Lipinski definition) is 2. The summed E-state index contributed by atoms with van der Waals surface area (Å²) in [5.41, 5.74) is 7.83. The van der Waals surface area contributed by atoms with Gasteiger partial charge in [0.2, 0.25) is 0 Å². The molecular formula is C10H13BrN2O. The van der Waals surface area contributed by atoms with E-state index in [1.165, 1.54) is 0 Å². The molecule has 3 nitrogen and oxygen atoms in total. The zero-order chi connectivity index (χ0) is 9.97. The molecule has 1 aromatic carbocycles. The Bertz CT molecular complexity index is 324. The van der Waals surface area contributed by atoms with E-state index in [1.807, 2.05) is 18.2 Å². The quantitative estimate of drug-likeness (QED) is 0.753. The topological polar surface area (TPSA) is 47.3 Å². The molecule has 0 spiro atoms. The van der Waals surface area contributed by atoms with E-state index in [4.69, 9.17) is 10.5 Å². The first-order valence-corrected chi connectivity index (χ1v) is 5.43. The van der Waals surface area contributed by atoms with E-state index in [1.54, 1.807) is 0 Å². The van der Waals surface area contributed by atoms with Crippen molar-refractivity contribution in [3.05, 3.63) is 28.2 Å². The molecule has 1 aromatic rings. The van der Waals surface area contributed by atoms with Crippen LogP contribution in [0.4, 0.5) is 5.69 Å². The lowest BCUT2D eigenvalue weighted by atomic mass is 10.1. The fraction of sp³-hybridized carbons (Fsp3) is 0.400. The smallest absolute Gasteiger partial charge is 0.0662 e. The molecular weight excluding hydrogens is 244 g/mol. The highest BCUT2D eigenvalue weighted by atomic mass is 79.9. The van der Waals surface area contributed by atoms with E-state index >= 15 is 0 Å². The minimum Gasteiger partial charge on any atom is -0.398 e. The van der Waals surface area contributed by atoms with Gasteiger partial charge in [0, 0.05) is 16.7 Å². The Morgan fingerprint density at radius 2 is 2.36 bits per heavy atom. The van der Waals surface area contributed by atoms with E-state index < -0.39 is 0 Å². The summed E-state index contributed by atoms with van der Waals surface area (Å²) >= 11 is 3.44. The molecule has 14 heavy (non-hydrogen) atoms. The van der Waals surface area contributed by atoms with Gasteiger partial charge in [0.05, 0.1) is 19.3 Å². The second kappa shape index (κ2) is 4.29. The molecule has 0 aliphatic carbocycles. The van der Waals surface area contributed by atoms with Gasteiger partial charge >= 0.3 is 0 Å². The first kappa shape index (κ1) is 9.96. The second-order valence-corrected chi connectivity index (χ2v) is 4.27. The molecule has 0 unspecified atom stereocenters. The summed E-state index contributed by atoms with van der Waals surface area (Å²) in [6.45, 7) is 2.36. The SMILES string of the molecule is Nc1ccc(Br)cc1[C@@H]1COCCN1. The van der Waals surface area contributed by atoms with Gasteiger partial charge in [0.1, 0.15) is 0 Å². The van der Waals surface area contributed by atoms with Crippen LogP contribution in [0.3, 0.4) is 0 Å². The normalized spacial score (nSPS) is 22.2. The molecule has 0 radical (unpaired) electrons. The molecule has 0 amide bonds. The van der Waals surface area contributed by atoms with Crippen molar-refractivity contribution in [3.63, 3.8) is 0 Å². The Hall–Kier alpha value is -0.580. The number of halogens is 1. The van der Waals surface area contributed by atoms with Gasteiger partial charge in [-0.05, 0) is 23.8 Å². The Morgan fingerprint density at radius 1 is 1.50 bits per heavy atom. The summed E-state index contributed by atoms with van der Waals surface area (Å²) in [7, 11) is 0. The molecule has 2 rings (SSSR count). The minimum atomic E-state index is 0.223. The number of nitrogens with two attached hydrogens (primary N) is 1. The van der Waals surface area contributed by atoms with Crippen LogP contribution in [0.1, 0.15) is 11.6 Å². The Kier molecular flexibility index (Phi) is 3.05. The lowest BCUT2D eigenvalue weighted by molar-refractivity contribution is 0.0771. The van der Waals surface area contributed by atoms with Gasteiger partial charge < -0.3 is 15.8 Å². The zero-order valence-electron chi connectivity index (χ0n) is 7.79. The van der Waals surface area contributed by atoms with Gasteiger partial charge in [-0.15, -0.1) is 0 Å². The first-order chi connectivity index (χ1) is 6.77. The second-order valence-electron chi connectivity index (χ2n) is 3.35. The first-order valence-electron chi connectivity index (χ1n) is 4.63. The van der Waals surface area contributed by atoms with E-state index in [2.05, 4.69) is 21.2 Å². The van der Waals surface area contributed by atoms with Gasteiger partial charge in [-0.2, -0.15) is 0 Å². The van der Waals surface area contributed by atoms with Gasteiger partial charge in [-0.25, -0.2) is 0 Å². The Morgan fingerprint density at radius 3 is 3.07 bits per heavy atom. The van der Waals surface area contributed by atoms with Gasteiger partial charge in [-0.3, -0.25) is 0 Å². The van der Waals surface area contributed by atoms with Gasteiger partial charge in [-0.1, -0.05) is 15.9 Å². The maximum Gasteiger partial charge on any atom is 0.0662 e. The number of rotatable bonds is 1. The van der Waals surface area contributed by atoms with Crippen molar-refractivity contribution < 1.29 is 4.74 Å². The number of morpholine rings is 1. The van der Waals surface area contributed by atoms with Crippen molar-refractivity contribution in [2.24, 2.45) is 0 Å². The Balaban J connectivity index is 2.24. The summed E-state index contributed by atoms with van der Waals surface area (Å²) in [6.07, 6.45) is 0. The average molecular weight is 257 g/mol. The van der Waals surface area contributed by atoms with Crippen LogP contribution < -0.4 is 11.1 Å². The predicted molar refractivity (Wildman–Crippen MR) is 60.1 cm³/mol. The van der Waals surface area contributed by atoms with Crippen molar-refractivity contribution in [1.82, 2.24) is 5.32 Å². The molecule has 1 saturated heterocycles. The number of nitrogens with one attached hydrogen (secondary N) is 1. The van der Waals surface area contributed by atoms with Crippen LogP contribution in [-0.2, 0) is 4.74 Å². The summed E-state index contributed by atoms with van der Waals surface area (Å²) in [6, 6.07) is 6.13. The summed E-state index contributed by atoms with van der Waals surface area (Å²) in [5.74, 6) is 0. The van der Waals surface area contributed by atoms with Crippen molar-refractivity contribution in [3.8, 4) is 0 Å². The number of nitrogen functional groups attached to an aromatic ring is 1. The predicted octanol–water partition coefficient (Wildman–Crippen LogP) is 1.69. The van der Waals surface area contributed by atoms with Crippen LogP contribution in [-0.4, -0.2) is 19.8 Å². The van der Waals surface area contributed by atoms with Crippen LogP contribution in [0.5, 0.6) is 0 Å². The van der Waals surface area contributed by atoms with Crippen LogP contribution in [0.15, 0.2) is 22.7 Å². The third kappa shape index (κ3) is 2.08. The third-order valence-electron chi connectivity index (χ3n) is 2.35. The highest BCUT2D eigenvalue weighted by Gasteiger charge is 2.17. The van der Waals surface area contributed by atoms with Crippen molar-refractivity contribution >= 4 is 21.6 Å². The molecule has 1 atom stereocenters. The van der Waals surface area contributed by atoms with E-state index in [9.17, 15) is 0 Å². The van der Waals surface area contributed by atoms with Gasteiger partial charge in [0.15, 0.2) is 0 Å². The fourth-order valence-corrected chi connectivity index (χ4v) is 1.99. The summed E-state index contributed by atoms with van der Waals surface area (Å²) in [5, 5.41) is 3.38. The Labute approximate surface area is 91.8 Å². The molecule has 1 aliphatic heterocycles. The van der Waals surface area contributed by atoms with E-state index in [0.717, 1.165) is 28.9 Å². The number of ether oxygens (including phenoxy) is 1. The van der Waals surface area contributed by atoms with Crippen LogP contribution >= 0.6 is 15.9 Å². The summed E-state index contributed by atoms with van der Waals surface area (Å²) < 4.78 is 6.45. The molecule has 1 fully saturated rings. The molecule has 0 aromatic heterocycles. The molecule has 0 saturated carbocycles. The van der Waals surface area contributed by atoms with Crippen molar-refractivity contribution in [2.45, 2.75) is 6.04 Å². The van der Waals surface area contributed by atoms with E-state index in [-0.39, 0.29) is 6.04 Å². The average Bonchev–Trinajstić information content (AvgIpc) is 2.23. The minimum absolute atomic E-state index is 0.223. The largest absolute Gasteiger partial charge is 0.398 e. The molecule has 1 aliphatic rings. The zero-order valence-corrected chi connectivity index (χ0v) is 9.38. The molecule has 1 heterocycles. The van der Waals surface area contributed by atoms with Crippen LogP contribution in [0, 0.1) is 0 Å². The molecule has 76 valence electrons. The highest BCUT2D eigenvalue weighted by Crippen LogP contribution is 2.25. The standard InChI is InChI=1S/C10H13BrN2O/c11-7-1-2-9(12)8(5-7)10-6-14-4-3-13-10/h1-2,5,10,13H,3-4,6,12H2/t10-/m0/s1. The van der Waals surface area contributed by atoms with Crippen LogP contribution in [0.2, 0.25) is 0 Å². The van der Waals surface area contributed by atoms with Crippen LogP contribution in [0.25, 0.3) is 0 Å². The maximum atomic E-state index is 5.90. The maximum absolute atomic E-state index is 5.90. The lowest BCUT2D eigenvalue weighted by Gasteiger charge is -2.25. The third-order valence-corrected chi connectivity index (χ3v) is 2.84. The number of hydrogen-bond acceptors (Lipinski definition) is 3.